The SMILES string of the molecule is COc1ccc(S(=O)(=O)N(CC(=O)N(Cc2ccc(Cl)cc2)C(Cc2ccccc2)C(=O)NC(C)C)c2cccc(Cl)c2)cc1. The molecule has 1 unspecified atom stereocenters. The third kappa shape index (κ3) is 9.00. The highest BCUT2D eigenvalue weighted by atomic mass is 35.5. The second kappa shape index (κ2) is 15.3. The van der Waals surface area contributed by atoms with Crippen molar-refractivity contribution in [2.45, 2.75) is 43.8 Å². The van der Waals surface area contributed by atoms with Crippen LogP contribution in [-0.4, -0.2) is 50.9 Å². The highest BCUT2D eigenvalue weighted by Crippen LogP contribution is 2.28. The number of halogens is 2. The Labute approximate surface area is 274 Å². The molecule has 45 heavy (non-hydrogen) atoms. The molecule has 1 N–H and O–H groups in total. The van der Waals surface area contributed by atoms with Crippen molar-refractivity contribution in [2.75, 3.05) is 18.0 Å². The minimum Gasteiger partial charge on any atom is -0.497 e. The monoisotopic (exact) mass is 667 g/mol. The molecular formula is C34H35Cl2N3O5S. The summed E-state index contributed by atoms with van der Waals surface area (Å²) in [5, 5.41) is 3.76. The van der Waals surface area contributed by atoms with Crippen molar-refractivity contribution in [1.82, 2.24) is 10.2 Å². The summed E-state index contributed by atoms with van der Waals surface area (Å²) in [6, 6.07) is 27.3. The van der Waals surface area contributed by atoms with Crippen LogP contribution in [0, 0.1) is 0 Å². The summed E-state index contributed by atoms with van der Waals surface area (Å²) in [6.07, 6.45) is 0.209. The molecule has 0 radical (unpaired) electrons. The van der Waals surface area contributed by atoms with Gasteiger partial charge in [0.15, 0.2) is 0 Å². The molecule has 0 aliphatic carbocycles. The lowest BCUT2D eigenvalue weighted by Gasteiger charge is -2.34. The number of nitrogens with one attached hydrogen (secondary N) is 1. The van der Waals surface area contributed by atoms with Crippen LogP contribution < -0.4 is 14.4 Å². The maximum Gasteiger partial charge on any atom is 0.264 e. The van der Waals surface area contributed by atoms with E-state index < -0.39 is 28.5 Å². The zero-order valence-electron chi connectivity index (χ0n) is 25.2. The van der Waals surface area contributed by atoms with Gasteiger partial charge in [-0.3, -0.25) is 13.9 Å². The maximum absolute atomic E-state index is 14.4. The number of hydrogen-bond donors (Lipinski definition) is 1. The van der Waals surface area contributed by atoms with E-state index in [1.807, 2.05) is 44.2 Å². The van der Waals surface area contributed by atoms with Crippen LogP contribution in [-0.2, 0) is 32.6 Å². The zero-order valence-corrected chi connectivity index (χ0v) is 27.5. The fraction of sp³-hybridized carbons (Fsp3) is 0.235. The van der Waals surface area contributed by atoms with Gasteiger partial charge in [0.1, 0.15) is 18.3 Å². The standard InChI is InChI=1S/C34H35Cl2N3O5S/c1-24(2)37-34(41)32(20-25-8-5-4-6-9-25)38(22-26-12-14-27(35)15-13-26)33(40)23-39(29-11-7-10-28(36)21-29)45(42,43)31-18-16-30(44-3)17-19-31/h4-19,21,24,32H,20,22-23H2,1-3H3,(H,37,41). The largest absolute Gasteiger partial charge is 0.497 e. The molecule has 0 saturated heterocycles. The number of benzene rings is 4. The molecule has 0 heterocycles. The van der Waals surface area contributed by atoms with Gasteiger partial charge in [0, 0.05) is 29.1 Å². The van der Waals surface area contributed by atoms with Crippen LogP contribution in [0.2, 0.25) is 10.0 Å². The van der Waals surface area contributed by atoms with Gasteiger partial charge < -0.3 is 15.0 Å². The summed E-state index contributed by atoms with van der Waals surface area (Å²) in [5.74, 6) is -0.460. The lowest BCUT2D eigenvalue weighted by atomic mass is 10.0. The molecule has 0 aliphatic rings. The first kappa shape index (κ1) is 33.8. The predicted octanol–water partition coefficient (Wildman–Crippen LogP) is 6.36. The normalized spacial score (nSPS) is 12.0. The van der Waals surface area contributed by atoms with E-state index in [1.54, 1.807) is 42.5 Å². The molecule has 0 saturated carbocycles. The molecule has 0 aliphatic heterocycles. The Morgan fingerprint density at radius 2 is 1.49 bits per heavy atom. The molecule has 4 aromatic carbocycles. The molecule has 8 nitrogen and oxygen atoms in total. The van der Waals surface area contributed by atoms with Crippen LogP contribution in [0.5, 0.6) is 5.75 Å². The molecule has 4 rings (SSSR count). The fourth-order valence-electron chi connectivity index (χ4n) is 4.76. The second-order valence-electron chi connectivity index (χ2n) is 10.7. The summed E-state index contributed by atoms with van der Waals surface area (Å²) >= 11 is 12.4. The molecule has 4 aromatic rings. The van der Waals surface area contributed by atoms with Gasteiger partial charge in [0.2, 0.25) is 11.8 Å². The third-order valence-corrected chi connectivity index (χ3v) is 9.27. The lowest BCUT2D eigenvalue weighted by molar-refractivity contribution is -0.140. The summed E-state index contributed by atoms with van der Waals surface area (Å²) in [6.45, 7) is 3.11. The van der Waals surface area contributed by atoms with Crippen LogP contribution in [0.3, 0.4) is 0 Å². The van der Waals surface area contributed by atoms with E-state index >= 15 is 0 Å². The highest BCUT2D eigenvalue weighted by Gasteiger charge is 2.35. The summed E-state index contributed by atoms with van der Waals surface area (Å²) in [4.78, 5) is 29.6. The number of anilines is 1. The van der Waals surface area contributed by atoms with Crippen LogP contribution in [0.4, 0.5) is 5.69 Å². The molecule has 1 atom stereocenters. The van der Waals surface area contributed by atoms with E-state index in [2.05, 4.69) is 5.32 Å². The smallest absolute Gasteiger partial charge is 0.264 e. The number of hydrogen-bond acceptors (Lipinski definition) is 5. The Bertz CT molecular complexity index is 1700. The molecule has 2 amide bonds. The first-order chi connectivity index (χ1) is 21.5. The average molecular weight is 669 g/mol. The van der Waals surface area contributed by atoms with E-state index in [0.717, 1.165) is 15.4 Å². The minimum atomic E-state index is -4.27. The predicted molar refractivity (Wildman–Crippen MR) is 178 cm³/mol. The van der Waals surface area contributed by atoms with E-state index in [4.69, 9.17) is 27.9 Å². The topological polar surface area (TPSA) is 96.0 Å². The summed E-state index contributed by atoms with van der Waals surface area (Å²) in [7, 11) is -2.79. The van der Waals surface area contributed by atoms with Gasteiger partial charge in [-0.25, -0.2) is 8.42 Å². The van der Waals surface area contributed by atoms with Crippen molar-refractivity contribution < 1.29 is 22.7 Å². The van der Waals surface area contributed by atoms with E-state index in [0.29, 0.717) is 15.8 Å². The van der Waals surface area contributed by atoms with Crippen molar-refractivity contribution in [3.05, 3.63) is 124 Å². The Balaban J connectivity index is 1.80. The molecule has 0 spiro atoms. The first-order valence-electron chi connectivity index (χ1n) is 14.3. The van der Waals surface area contributed by atoms with Gasteiger partial charge in [-0.1, -0.05) is 71.7 Å². The van der Waals surface area contributed by atoms with Gasteiger partial charge >= 0.3 is 0 Å². The summed E-state index contributed by atoms with van der Waals surface area (Å²) < 4.78 is 34.4. The minimum absolute atomic E-state index is 0.0327. The number of rotatable bonds is 13. The van der Waals surface area contributed by atoms with E-state index in [1.165, 1.54) is 42.3 Å². The second-order valence-corrected chi connectivity index (χ2v) is 13.4. The number of methoxy groups -OCH3 is 1. The molecule has 0 fully saturated rings. The molecule has 236 valence electrons. The Morgan fingerprint density at radius 3 is 2.09 bits per heavy atom. The first-order valence-corrected chi connectivity index (χ1v) is 16.5. The van der Waals surface area contributed by atoms with Crippen LogP contribution in [0.1, 0.15) is 25.0 Å². The Morgan fingerprint density at radius 1 is 0.822 bits per heavy atom. The van der Waals surface area contributed by atoms with Crippen molar-refractivity contribution >= 4 is 50.7 Å². The van der Waals surface area contributed by atoms with Gasteiger partial charge in [0.05, 0.1) is 17.7 Å². The van der Waals surface area contributed by atoms with Crippen LogP contribution >= 0.6 is 23.2 Å². The Kier molecular flexibility index (Phi) is 11.5. The quantitative estimate of drug-likeness (QED) is 0.179. The van der Waals surface area contributed by atoms with Gasteiger partial charge in [-0.2, -0.15) is 0 Å². The van der Waals surface area contributed by atoms with E-state index in [-0.39, 0.29) is 35.5 Å². The van der Waals surface area contributed by atoms with E-state index in [9.17, 15) is 18.0 Å². The molecule has 0 aromatic heterocycles. The highest BCUT2D eigenvalue weighted by molar-refractivity contribution is 7.92. The van der Waals surface area contributed by atoms with Gasteiger partial charge in [-0.05, 0) is 79.6 Å². The number of amides is 2. The maximum atomic E-state index is 14.4. The number of sulfonamides is 1. The third-order valence-electron chi connectivity index (χ3n) is 6.99. The fourth-order valence-corrected chi connectivity index (χ4v) is 6.47. The summed E-state index contributed by atoms with van der Waals surface area (Å²) in [5.41, 5.74) is 1.76. The molecular weight excluding hydrogens is 633 g/mol. The van der Waals surface area contributed by atoms with Crippen molar-refractivity contribution in [3.8, 4) is 5.75 Å². The van der Waals surface area contributed by atoms with Gasteiger partial charge in [-0.15, -0.1) is 0 Å². The molecule has 0 bridgehead atoms. The van der Waals surface area contributed by atoms with Crippen LogP contribution in [0.25, 0.3) is 0 Å². The Hall–Kier alpha value is -4.05. The number of carbonyl (C=O) groups is 2. The van der Waals surface area contributed by atoms with Crippen LogP contribution in [0.15, 0.2) is 108 Å². The number of nitrogens with zero attached hydrogens (tertiary/aromatic N) is 2. The molecule has 11 heteroatoms. The number of ether oxygens (including phenoxy) is 1. The zero-order chi connectivity index (χ0) is 32.6. The van der Waals surface area contributed by atoms with Gasteiger partial charge in [0.25, 0.3) is 10.0 Å². The number of carbonyl (C=O) groups excluding carboxylic acids is 2. The van der Waals surface area contributed by atoms with Crippen molar-refractivity contribution in [3.63, 3.8) is 0 Å². The lowest BCUT2D eigenvalue weighted by Crippen LogP contribution is -2.54. The van der Waals surface area contributed by atoms with Crippen molar-refractivity contribution in [2.24, 2.45) is 0 Å². The van der Waals surface area contributed by atoms with Crippen molar-refractivity contribution in [1.29, 1.82) is 0 Å². The average Bonchev–Trinajstić information content (AvgIpc) is 3.02.